The van der Waals surface area contributed by atoms with Crippen LogP contribution in [0.25, 0.3) is 0 Å². The minimum absolute atomic E-state index is 0.0205. The molecule has 1 N–H and O–H groups in total. The first-order chi connectivity index (χ1) is 16.3. The van der Waals surface area contributed by atoms with Crippen molar-refractivity contribution in [1.82, 2.24) is 4.31 Å². The fourth-order valence-electron chi connectivity index (χ4n) is 3.45. The second-order valence-corrected chi connectivity index (χ2v) is 10.3. The maximum atomic E-state index is 13.5. The van der Waals surface area contributed by atoms with Gasteiger partial charge in [0.05, 0.1) is 21.5 Å². The van der Waals surface area contributed by atoms with Crippen molar-refractivity contribution in [2.75, 3.05) is 31.6 Å². The highest BCUT2D eigenvalue weighted by molar-refractivity contribution is 7.89. The summed E-state index contributed by atoms with van der Waals surface area (Å²) in [5.41, 5.74) is 1.37. The highest BCUT2D eigenvalue weighted by Gasteiger charge is 2.28. The number of ether oxygens (including phenoxy) is 2. The third-order valence-electron chi connectivity index (χ3n) is 5.17. The van der Waals surface area contributed by atoms with Crippen LogP contribution >= 0.6 is 23.2 Å². The maximum Gasteiger partial charge on any atom is 0.243 e. The number of hydrogen-bond acceptors (Lipinski definition) is 5. The summed E-state index contributed by atoms with van der Waals surface area (Å²) >= 11 is 11.9. The fraction of sp³-hybridized carbons (Fsp3) is 0.208. The van der Waals surface area contributed by atoms with Crippen molar-refractivity contribution in [3.63, 3.8) is 0 Å². The van der Waals surface area contributed by atoms with Crippen LogP contribution in [0, 0.1) is 0 Å². The number of anilines is 1. The molecule has 1 aliphatic rings. The van der Waals surface area contributed by atoms with Crippen LogP contribution in [0.1, 0.15) is 5.56 Å². The molecule has 0 fully saturated rings. The summed E-state index contributed by atoms with van der Waals surface area (Å²) in [5.74, 6) is 0.335. The molecule has 3 aromatic rings. The number of rotatable bonds is 8. The molecule has 0 unspecified atom stereocenters. The Morgan fingerprint density at radius 3 is 2.38 bits per heavy atom. The van der Waals surface area contributed by atoms with Gasteiger partial charge in [-0.25, -0.2) is 8.42 Å². The number of amides is 1. The first-order valence-electron chi connectivity index (χ1n) is 10.5. The fourth-order valence-corrected chi connectivity index (χ4v) is 5.16. The van der Waals surface area contributed by atoms with Crippen molar-refractivity contribution in [3.8, 4) is 11.5 Å². The highest BCUT2D eigenvalue weighted by Crippen LogP contribution is 2.33. The summed E-state index contributed by atoms with van der Waals surface area (Å²) in [6, 6.07) is 18.6. The van der Waals surface area contributed by atoms with Crippen molar-refractivity contribution >= 4 is 44.8 Å². The smallest absolute Gasteiger partial charge is 0.243 e. The lowest BCUT2D eigenvalue weighted by molar-refractivity contribution is -0.116. The Hall–Kier alpha value is -2.78. The molecule has 34 heavy (non-hydrogen) atoms. The molecule has 4 rings (SSSR count). The number of carbonyl (C=O) groups is 1. The van der Waals surface area contributed by atoms with E-state index >= 15 is 0 Å². The summed E-state index contributed by atoms with van der Waals surface area (Å²) in [6.45, 7) is 0.455. The highest BCUT2D eigenvalue weighted by atomic mass is 35.5. The predicted molar refractivity (Wildman–Crippen MR) is 131 cm³/mol. The number of benzene rings is 3. The normalized spacial score (nSPS) is 13.0. The molecule has 0 radical (unpaired) electrons. The van der Waals surface area contributed by atoms with Crippen molar-refractivity contribution in [3.05, 3.63) is 82.3 Å². The number of hydrogen-bond donors (Lipinski definition) is 1. The monoisotopic (exact) mass is 520 g/mol. The molecule has 0 aromatic heterocycles. The van der Waals surface area contributed by atoms with Crippen molar-refractivity contribution in [2.45, 2.75) is 11.3 Å². The second-order valence-electron chi connectivity index (χ2n) is 7.56. The first kappa shape index (κ1) is 24.3. The van der Waals surface area contributed by atoms with Gasteiger partial charge >= 0.3 is 0 Å². The predicted octanol–water partition coefficient (Wildman–Crippen LogP) is 4.64. The van der Waals surface area contributed by atoms with E-state index in [9.17, 15) is 13.2 Å². The Kier molecular flexibility index (Phi) is 7.63. The second kappa shape index (κ2) is 10.7. The number of sulfonamides is 1. The van der Waals surface area contributed by atoms with Crippen molar-refractivity contribution < 1.29 is 22.7 Å². The Balaban J connectivity index is 1.57. The molecule has 0 saturated heterocycles. The molecule has 3 aromatic carbocycles. The molecule has 0 saturated carbocycles. The molecule has 178 valence electrons. The van der Waals surface area contributed by atoms with Gasteiger partial charge in [-0.1, -0.05) is 53.5 Å². The molecule has 10 heteroatoms. The number of nitrogens with zero attached hydrogens (tertiary/aromatic N) is 1. The molecule has 1 amide bonds. The molecular formula is C24H22Cl2N2O5S. The van der Waals surface area contributed by atoms with Gasteiger partial charge < -0.3 is 14.8 Å². The summed E-state index contributed by atoms with van der Waals surface area (Å²) in [7, 11) is -4.02. The Labute approximate surface area is 208 Å². The van der Waals surface area contributed by atoms with E-state index in [4.69, 9.17) is 32.7 Å². The van der Waals surface area contributed by atoms with Crippen LogP contribution in [0.5, 0.6) is 11.5 Å². The van der Waals surface area contributed by atoms with Crippen molar-refractivity contribution in [1.29, 1.82) is 0 Å². The number of halogens is 2. The van der Waals surface area contributed by atoms with Gasteiger partial charge in [-0.2, -0.15) is 4.31 Å². The largest absolute Gasteiger partial charge is 0.486 e. The Morgan fingerprint density at radius 2 is 1.65 bits per heavy atom. The molecular weight excluding hydrogens is 499 g/mol. The van der Waals surface area contributed by atoms with Gasteiger partial charge in [0.2, 0.25) is 15.9 Å². The van der Waals surface area contributed by atoms with Gasteiger partial charge in [-0.3, -0.25) is 4.79 Å². The standard InChI is InChI=1S/C24H22Cl2N2O5S/c25-20-8-6-18(14-21(20)26)27-24(29)16-28(11-10-17-4-2-1-3-5-17)34(30,31)19-7-9-22-23(15-19)33-13-12-32-22/h1-9,14-15H,10-13,16H2,(H,27,29). The third kappa shape index (κ3) is 5.82. The first-order valence-corrected chi connectivity index (χ1v) is 12.7. The zero-order chi connectivity index (χ0) is 24.1. The van der Waals surface area contributed by atoms with Crippen LogP contribution in [0.2, 0.25) is 10.0 Å². The third-order valence-corrected chi connectivity index (χ3v) is 7.75. The van der Waals surface area contributed by atoms with E-state index in [1.807, 2.05) is 30.3 Å². The van der Waals surface area contributed by atoms with E-state index < -0.39 is 15.9 Å². The van der Waals surface area contributed by atoms with E-state index in [1.165, 1.54) is 18.2 Å². The molecule has 1 heterocycles. The van der Waals surface area contributed by atoms with Crippen LogP contribution in [-0.4, -0.2) is 44.9 Å². The summed E-state index contributed by atoms with van der Waals surface area (Å²) in [4.78, 5) is 12.8. The lowest BCUT2D eigenvalue weighted by Crippen LogP contribution is -2.39. The lowest BCUT2D eigenvalue weighted by Gasteiger charge is -2.24. The average Bonchev–Trinajstić information content (AvgIpc) is 2.84. The zero-order valence-corrected chi connectivity index (χ0v) is 20.4. The molecule has 0 bridgehead atoms. The van der Waals surface area contributed by atoms with Gasteiger partial charge in [-0.05, 0) is 42.3 Å². The van der Waals surface area contributed by atoms with Crippen LogP contribution in [0.15, 0.2) is 71.6 Å². The molecule has 7 nitrogen and oxygen atoms in total. The number of nitrogens with one attached hydrogen (secondary N) is 1. The number of carbonyl (C=O) groups excluding carboxylic acids is 1. The summed E-state index contributed by atoms with van der Waals surface area (Å²) in [5, 5.41) is 3.31. The van der Waals surface area contributed by atoms with Gasteiger partial charge in [0.15, 0.2) is 11.5 Å². The van der Waals surface area contributed by atoms with Crippen LogP contribution in [0.3, 0.4) is 0 Å². The van der Waals surface area contributed by atoms with E-state index in [0.717, 1.165) is 9.87 Å². The van der Waals surface area contributed by atoms with E-state index in [-0.39, 0.29) is 23.0 Å². The topological polar surface area (TPSA) is 84.9 Å². The zero-order valence-electron chi connectivity index (χ0n) is 18.0. The summed E-state index contributed by atoms with van der Waals surface area (Å²) < 4.78 is 39.3. The maximum absolute atomic E-state index is 13.5. The van der Waals surface area contributed by atoms with E-state index in [1.54, 1.807) is 18.2 Å². The molecule has 0 spiro atoms. The van der Waals surface area contributed by atoms with Crippen LogP contribution in [0.4, 0.5) is 5.69 Å². The average molecular weight is 521 g/mol. The number of fused-ring (bicyclic) bond motifs is 1. The summed E-state index contributed by atoms with van der Waals surface area (Å²) in [6.07, 6.45) is 0.435. The van der Waals surface area contributed by atoms with Gasteiger partial charge in [0.1, 0.15) is 13.2 Å². The van der Waals surface area contributed by atoms with E-state index in [2.05, 4.69) is 5.32 Å². The minimum atomic E-state index is -4.02. The van der Waals surface area contributed by atoms with Gasteiger partial charge in [-0.15, -0.1) is 0 Å². The Bertz CT molecular complexity index is 1290. The SMILES string of the molecule is O=C(CN(CCc1ccccc1)S(=O)(=O)c1ccc2c(c1)OCCO2)Nc1ccc(Cl)c(Cl)c1. The molecule has 0 aliphatic carbocycles. The molecule has 1 aliphatic heterocycles. The minimum Gasteiger partial charge on any atom is -0.486 e. The van der Waals surface area contributed by atoms with Gasteiger partial charge in [0, 0.05) is 18.3 Å². The Morgan fingerprint density at radius 1 is 0.912 bits per heavy atom. The van der Waals surface area contributed by atoms with E-state index in [0.29, 0.717) is 41.8 Å². The van der Waals surface area contributed by atoms with Crippen LogP contribution in [-0.2, 0) is 21.2 Å². The molecule has 0 atom stereocenters. The quantitative estimate of drug-likeness (QED) is 0.467. The van der Waals surface area contributed by atoms with Gasteiger partial charge in [0.25, 0.3) is 0 Å². The lowest BCUT2D eigenvalue weighted by atomic mass is 10.1. The van der Waals surface area contributed by atoms with Crippen LogP contribution < -0.4 is 14.8 Å². The van der Waals surface area contributed by atoms with Crippen molar-refractivity contribution in [2.24, 2.45) is 0 Å².